The van der Waals surface area contributed by atoms with E-state index in [0.717, 1.165) is 12.8 Å². The fourth-order valence-electron chi connectivity index (χ4n) is 2.79. The van der Waals surface area contributed by atoms with Crippen molar-refractivity contribution in [1.82, 2.24) is 4.31 Å². The van der Waals surface area contributed by atoms with E-state index < -0.39 is 16.1 Å². The van der Waals surface area contributed by atoms with Crippen LogP contribution >= 0.6 is 15.9 Å². The van der Waals surface area contributed by atoms with E-state index in [9.17, 15) is 13.5 Å². The quantitative estimate of drug-likeness (QED) is 0.792. The van der Waals surface area contributed by atoms with Crippen LogP contribution in [0.2, 0.25) is 0 Å². The lowest BCUT2D eigenvalue weighted by Gasteiger charge is -2.34. The molecule has 0 radical (unpaired) electrons. The van der Waals surface area contributed by atoms with Gasteiger partial charge in [0.25, 0.3) is 0 Å². The number of hydrogen-bond acceptors (Lipinski definition) is 4. The van der Waals surface area contributed by atoms with Gasteiger partial charge in [-0.25, -0.2) is 8.42 Å². The van der Waals surface area contributed by atoms with Gasteiger partial charge < -0.3 is 10.8 Å². The van der Waals surface area contributed by atoms with E-state index in [1.807, 2.05) is 0 Å². The van der Waals surface area contributed by atoms with Crippen molar-refractivity contribution in [3.8, 4) is 0 Å². The topological polar surface area (TPSA) is 83.6 Å². The molecule has 0 spiro atoms. The molecule has 1 aromatic rings. The number of nitrogen functional groups attached to an aromatic ring is 1. The van der Waals surface area contributed by atoms with Crippen LogP contribution in [0.4, 0.5) is 5.69 Å². The summed E-state index contributed by atoms with van der Waals surface area (Å²) in [6, 6.07) is 2.87. The van der Waals surface area contributed by atoms with Gasteiger partial charge in [-0.2, -0.15) is 4.31 Å². The fraction of sp³-hybridized carbons (Fsp3) is 0.571. The van der Waals surface area contributed by atoms with Crippen LogP contribution in [0.15, 0.2) is 21.5 Å². The average molecular weight is 377 g/mol. The summed E-state index contributed by atoms with van der Waals surface area (Å²) >= 11 is 3.28. The molecule has 1 saturated carbocycles. The summed E-state index contributed by atoms with van der Waals surface area (Å²) in [5, 5.41) is 10.1. The van der Waals surface area contributed by atoms with Gasteiger partial charge in [0.2, 0.25) is 10.0 Å². The lowest BCUT2D eigenvalue weighted by molar-refractivity contribution is 0.0638. The molecule has 21 heavy (non-hydrogen) atoms. The number of anilines is 1. The van der Waals surface area contributed by atoms with Crippen molar-refractivity contribution in [1.29, 1.82) is 0 Å². The second-order valence-corrected chi connectivity index (χ2v) is 8.44. The number of benzene rings is 1. The van der Waals surface area contributed by atoms with Gasteiger partial charge in [-0.05, 0) is 37.5 Å². The molecule has 2 rings (SSSR count). The van der Waals surface area contributed by atoms with Gasteiger partial charge in [0.15, 0.2) is 0 Å². The maximum absolute atomic E-state index is 12.8. The van der Waals surface area contributed by atoms with Crippen LogP contribution in [0.3, 0.4) is 0 Å². The van der Waals surface area contributed by atoms with Crippen LogP contribution in [0, 0.1) is 6.92 Å². The zero-order chi connectivity index (χ0) is 15.8. The molecule has 1 aromatic carbocycles. The lowest BCUT2D eigenvalue weighted by Crippen LogP contribution is -2.46. The number of likely N-dealkylation sites (N-methyl/N-ethyl adjacent to an activating group) is 1. The van der Waals surface area contributed by atoms with E-state index in [2.05, 4.69) is 15.9 Å². The highest BCUT2D eigenvalue weighted by Gasteiger charge is 2.35. The summed E-state index contributed by atoms with van der Waals surface area (Å²) in [4.78, 5) is 0.189. The summed E-state index contributed by atoms with van der Waals surface area (Å²) in [6.45, 7) is 1.69. The van der Waals surface area contributed by atoms with Crippen LogP contribution in [0.5, 0.6) is 0 Å². The first-order chi connectivity index (χ1) is 9.75. The molecular weight excluding hydrogens is 356 g/mol. The van der Waals surface area contributed by atoms with E-state index in [4.69, 9.17) is 5.73 Å². The summed E-state index contributed by atoms with van der Waals surface area (Å²) in [5.74, 6) is 0. The first-order valence-corrected chi connectivity index (χ1v) is 9.20. The third-order valence-electron chi connectivity index (χ3n) is 4.18. The SMILES string of the molecule is Cc1c(N)cc(Br)cc1S(=O)(=O)N(C)C1CCCCC1O. The van der Waals surface area contributed by atoms with Crippen LogP contribution in [-0.4, -0.2) is 37.0 Å². The third kappa shape index (κ3) is 3.26. The Kier molecular flexibility index (Phi) is 4.97. The highest BCUT2D eigenvalue weighted by Crippen LogP contribution is 2.31. The number of sulfonamides is 1. The van der Waals surface area contributed by atoms with Gasteiger partial charge in [0.1, 0.15) is 0 Å². The van der Waals surface area contributed by atoms with Crippen molar-refractivity contribution in [2.45, 2.75) is 49.6 Å². The van der Waals surface area contributed by atoms with Crippen molar-refractivity contribution in [3.05, 3.63) is 22.2 Å². The Morgan fingerprint density at radius 1 is 1.33 bits per heavy atom. The van der Waals surface area contributed by atoms with Crippen molar-refractivity contribution in [2.75, 3.05) is 12.8 Å². The Balaban J connectivity index is 2.42. The molecule has 2 unspecified atom stereocenters. The highest BCUT2D eigenvalue weighted by molar-refractivity contribution is 9.10. The van der Waals surface area contributed by atoms with Gasteiger partial charge in [-0.3, -0.25) is 0 Å². The molecule has 0 heterocycles. The Labute approximate surface area is 134 Å². The van der Waals surface area contributed by atoms with E-state index in [1.54, 1.807) is 19.1 Å². The van der Waals surface area contributed by atoms with Gasteiger partial charge in [0, 0.05) is 17.2 Å². The fourth-order valence-corrected chi connectivity index (χ4v) is 5.11. The minimum Gasteiger partial charge on any atom is -0.398 e. The summed E-state index contributed by atoms with van der Waals surface area (Å²) in [7, 11) is -2.15. The highest BCUT2D eigenvalue weighted by atomic mass is 79.9. The Morgan fingerprint density at radius 3 is 2.57 bits per heavy atom. The van der Waals surface area contributed by atoms with Crippen LogP contribution in [-0.2, 0) is 10.0 Å². The molecule has 2 atom stereocenters. The molecule has 1 aliphatic rings. The summed E-state index contributed by atoms with van der Waals surface area (Å²) in [5.41, 5.74) is 6.83. The second kappa shape index (κ2) is 6.24. The summed E-state index contributed by atoms with van der Waals surface area (Å²) in [6.07, 6.45) is 2.59. The molecule has 0 aromatic heterocycles. The number of aliphatic hydroxyl groups excluding tert-OH is 1. The molecule has 118 valence electrons. The second-order valence-electron chi connectivity index (χ2n) is 5.56. The van der Waals surface area contributed by atoms with E-state index >= 15 is 0 Å². The smallest absolute Gasteiger partial charge is 0.243 e. The number of nitrogens with two attached hydrogens (primary N) is 1. The molecule has 7 heteroatoms. The molecule has 3 N–H and O–H groups in total. The van der Waals surface area contributed by atoms with Gasteiger partial charge in [-0.15, -0.1) is 0 Å². The Hall–Kier alpha value is -0.630. The van der Waals surface area contributed by atoms with Gasteiger partial charge in [-0.1, -0.05) is 28.8 Å². The van der Waals surface area contributed by atoms with E-state index in [0.29, 0.717) is 28.6 Å². The Bertz CT molecular complexity index is 633. The molecule has 1 aliphatic carbocycles. The number of rotatable bonds is 3. The maximum Gasteiger partial charge on any atom is 0.243 e. The van der Waals surface area contributed by atoms with Crippen molar-refractivity contribution in [3.63, 3.8) is 0 Å². The molecule has 5 nitrogen and oxygen atoms in total. The van der Waals surface area contributed by atoms with Gasteiger partial charge >= 0.3 is 0 Å². The van der Waals surface area contributed by atoms with Crippen LogP contribution in [0.25, 0.3) is 0 Å². The molecule has 0 amide bonds. The largest absolute Gasteiger partial charge is 0.398 e. The van der Waals surface area contributed by atoms with Crippen molar-refractivity contribution < 1.29 is 13.5 Å². The number of nitrogens with zero attached hydrogens (tertiary/aromatic N) is 1. The first-order valence-electron chi connectivity index (χ1n) is 6.97. The molecule has 0 aliphatic heterocycles. The van der Waals surface area contributed by atoms with Crippen LogP contribution < -0.4 is 5.73 Å². The van der Waals surface area contributed by atoms with Crippen LogP contribution in [0.1, 0.15) is 31.2 Å². The van der Waals surface area contributed by atoms with Gasteiger partial charge in [0.05, 0.1) is 17.0 Å². The predicted molar refractivity (Wildman–Crippen MR) is 86.5 cm³/mol. The Morgan fingerprint density at radius 2 is 1.95 bits per heavy atom. The molecule has 1 fully saturated rings. The number of aliphatic hydroxyl groups is 1. The predicted octanol–water partition coefficient (Wildman–Crippen LogP) is 2.26. The molecule has 0 saturated heterocycles. The first kappa shape index (κ1) is 16.7. The number of hydrogen-bond donors (Lipinski definition) is 2. The van der Waals surface area contributed by atoms with Crippen molar-refractivity contribution >= 4 is 31.6 Å². The minimum absolute atomic E-state index is 0.189. The lowest BCUT2D eigenvalue weighted by atomic mass is 9.93. The monoisotopic (exact) mass is 376 g/mol. The van der Waals surface area contributed by atoms with E-state index in [-0.39, 0.29) is 10.9 Å². The maximum atomic E-state index is 12.8. The number of halogens is 1. The molecule has 0 bridgehead atoms. The standard InChI is InChI=1S/C14H21BrN2O3S/c1-9-11(16)7-10(15)8-14(9)21(19,20)17(2)12-5-3-4-6-13(12)18/h7-8,12-13,18H,3-6,16H2,1-2H3. The minimum atomic E-state index is -3.68. The van der Waals surface area contributed by atoms with Crippen molar-refractivity contribution in [2.24, 2.45) is 0 Å². The summed E-state index contributed by atoms with van der Waals surface area (Å²) < 4.78 is 27.6. The van der Waals surface area contributed by atoms with E-state index in [1.165, 1.54) is 11.4 Å². The third-order valence-corrected chi connectivity index (χ3v) is 6.65. The zero-order valence-corrected chi connectivity index (χ0v) is 14.6. The molecular formula is C14H21BrN2O3S. The normalized spacial score (nSPS) is 23.5. The average Bonchev–Trinajstić information content (AvgIpc) is 2.42. The zero-order valence-electron chi connectivity index (χ0n) is 12.2.